The van der Waals surface area contributed by atoms with Crippen LogP contribution in [0.1, 0.15) is 55.1 Å². The number of nitrogens with one attached hydrogen (secondary N) is 1. The van der Waals surface area contributed by atoms with E-state index in [4.69, 9.17) is 5.73 Å². The summed E-state index contributed by atoms with van der Waals surface area (Å²) in [6.07, 6.45) is 3.68. The molecule has 1 aromatic heterocycles. The molecule has 3 rings (SSSR count). The Morgan fingerprint density at radius 1 is 1.38 bits per heavy atom. The first-order valence-electron chi connectivity index (χ1n) is 7.85. The molecule has 0 bridgehead atoms. The maximum absolute atomic E-state index is 12.4. The van der Waals surface area contributed by atoms with Gasteiger partial charge in [-0.25, -0.2) is 4.98 Å². The van der Waals surface area contributed by atoms with E-state index >= 15 is 0 Å². The number of likely N-dealkylation sites (tertiary alicyclic amines) is 1. The maximum atomic E-state index is 12.4. The molecule has 2 aliphatic rings. The van der Waals surface area contributed by atoms with E-state index in [9.17, 15) is 4.79 Å². The zero-order valence-corrected chi connectivity index (χ0v) is 12.8. The van der Waals surface area contributed by atoms with Crippen LogP contribution in [-0.2, 0) is 0 Å². The molecule has 2 fully saturated rings. The lowest BCUT2D eigenvalue weighted by Gasteiger charge is -2.16. The second-order valence-electron chi connectivity index (χ2n) is 6.55. The van der Waals surface area contributed by atoms with Gasteiger partial charge in [0.05, 0.1) is 0 Å². The van der Waals surface area contributed by atoms with Crippen molar-refractivity contribution >= 4 is 11.7 Å². The normalized spacial score (nSPS) is 22.7. The molecular weight excluding hydrogens is 264 g/mol. The highest BCUT2D eigenvalue weighted by molar-refractivity contribution is 5.95. The summed E-state index contributed by atoms with van der Waals surface area (Å²) in [7, 11) is 0. The Morgan fingerprint density at radius 2 is 2.14 bits per heavy atom. The number of nitrogen functional groups attached to an aromatic ring is 1. The molecule has 114 valence electrons. The lowest BCUT2D eigenvalue weighted by molar-refractivity contribution is 0.0937. The molecule has 0 aromatic carbocycles. The van der Waals surface area contributed by atoms with Crippen LogP contribution in [-0.4, -0.2) is 41.0 Å². The van der Waals surface area contributed by atoms with Crippen LogP contribution in [0.25, 0.3) is 0 Å². The van der Waals surface area contributed by atoms with Crippen LogP contribution in [0.4, 0.5) is 5.82 Å². The number of anilines is 1. The lowest BCUT2D eigenvalue weighted by atomic mass is 10.1. The van der Waals surface area contributed by atoms with Crippen molar-refractivity contribution in [2.24, 2.45) is 0 Å². The first-order valence-corrected chi connectivity index (χ1v) is 7.85. The van der Waals surface area contributed by atoms with E-state index in [1.165, 1.54) is 12.8 Å². The number of carbonyl (C=O) groups is 1. The highest BCUT2D eigenvalue weighted by Crippen LogP contribution is 2.29. The fourth-order valence-electron chi connectivity index (χ4n) is 2.95. The van der Waals surface area contributed by atoms with Crippen LogP contribution >= 0.6 is 0 Å². The van der Waals surface area contributed by atoms with Crippen molar-refractivity contribution in [1.82, 2.24) is 15.2 Å². The van der Waals surface area contributed by atoms with Crippen LogP contribution in [0.5, 0.6) is 0 Å². The summed E-state index contributed by atoms with van der Waals surface area (Å²) in [5, 5.41) is 3.14. The first-order chi connectivity index (χ1) is 10.0. The Morgan fingerprint density at radius 3 is 2.81 bits per heavy atom. The quantitative estimate of drug-likeness (QED) is 0.885. The smallest absolute Gasteiger partial charge is 0.251 e. The average Bonchev–Trinajstić information content (AvgIpc) is 3.19. The number of nitrogens with zero attached hydrogens (tertiary/aromatic N) is 2. The minimum Gasteiger partial charge on any atom is -0.384 e. The van der Waals surface area contributed by atoms with Gasteiger partial charge in [0.1, 0.15) is 5.82 Å². The van der Waals surface area contributed by atoms with Gasteiger partial charge in [0.15, 0.2) is 0 Å². The fraction of sp³-hybridized carbons (Fsp3) is 0.625. The molecule has 1 aliphatic carbocycles. The fourth-order valence-corrected chi connectivity index (χ4v) is 2.95. The van der Waals surface area contributed by atoms with E-state index in [1.807, 2.05) is 19.9 Å². The van der Waals surface area contributed by atoms with Gasteiger partial charge in [-0.1, -0.05) is 13.8 Å². The molecule has 0 radical (unpaired) electrons. The van der Waals surface area contributed by atoms with E-state index in [2.05, 4.69) is 15.2 Å². The van der Waals surface area contributed by atoms with Crippen molar-refractivity contribution < 1.29 is 4.79 Å². The van der Waals surface area contributed by atoms with E-state index in [0.717, 1.165) is 31.2 Å². The predicted octanol–water partition coefficient (Wildman–Crippen LogP) is 1.75. The SMILES string of the molecule is CC(C)c1cc(C(=O)NC2CCN(C3CC3)C2)cc(N)n1. The monoisotopic (exact) mass is 288 g/mol. The minimum atomic E-state index is -0.0337. The lowest BCUT2D eigenvalue weighted by Crippen LogP contribution is -2.37. The summed E-state index contributed by atoms with van der Waals surface area (Å²) in [6, 6.07) is 4.55. The summed E-state index contributed by atoms with van der Waals surface area (Å²) in [4.78, 5) is 19.2. The molecule has 5 heteroatoms. The van der Waals surface area contributed by atoms with E-state index in [-0.39, 0.29) is 17.9 Å². The van der Waals surface area contributed by atoms with E-state index < -0.39 is 0 Å². The summed E-state index contributed by atoms with van der Waals surface area (Å²) >= 11 is 0. The molecule has 1 aliphatic heterocycles. The molecule has 21 heavy (non-hydrogen) atoms. The van der Waals surface area contributed by atoms with E-state index in [1.54, 1.807) is 6.07 Å². The van der Waals surface area contributed by atoms with Gasteiger partial charge in [-0.2, -0.15) is 0 Å². The average molecular weight is 288 g/mol. The Balaban J connectivity index is 1.65. The van der Waals surface area contributed by atoms with Crippen molar-refractivity contribution in [3.8, 4) is 0 Å². The Hall–Kier alpha value is -1.62. The Kier molecular flexibility index (Phi) is 3.85. The van der Waals surface area contributed by atoms with Crippen LogP contribution in [0.15, 0.2) is 12.1 Å². The third kappa shape index (κ3) is 3.35. The van der Waals surface area contributed by atoms with Gasteiger partial charge in [0.25, 0.3) is 5.91 Å². The van der Waals surface area contributed by atoms with Crippen molar-refractivity contribution in [2.75, 3.05) is 18.8 Å². The summed E-state index contributed by atoms with van der Waals surface area (Å²) in [5.41, 5.74) is 7.30. The molecule has 1 unspecified atom stereocenters. The van der Waals surface area contributed by atoms with Crippen LogP contribution in [0, 0.1) is 0 Å². The summed E-state index contributed by atoms with van der Waals surface area (Å²) in [5.74, 6) is 0.642. The molecule has 2 heterocycles. The maximum Gasteiger partial charge on any atom is 0.251 e. The zero-order valence-electron chi connectivity index (χ0n) is 12.8. The first kappa shape index (κ1) is 14.3. The van der Waals surface area contributed by atoms with Crippen molar-refractivity contribution in [2.45, 2.75) is 51.1 Å². The highest BCUT2D eigenvalue weighted by atomic mass is 16.1. The molecule has 1 aromatic rings. The molecule has 3 N–H and O–H groups in total. The largest absolute Gasteiger partial charge is 0.384 e. The molecular formula is C16H24N4O. The number of amides is 1. The standard InChI is InChI=1S/C16H24N4O/c1-10(2)14-7-11(8-15(17)19-14)16(21)18-12-5-6-20(9-12)13-3-4-13/h7-8,10,12-13H,3-6,9H2,1-2H3,(H2,17,19)(H,18,21). The Labute approximate surface area is 125 Å². The number of nitrogens with two attached hydrogens (primary N) is 1. The van der Waals surface area contributed by atoms with Crippen molar-refractivity contribution in [3.05, 3.63) is 23.4 Å². The van der Waals surface area contributed by atoms with Gasteiger partial charge in [0.2, 0.25) is 0 Å². The van der Waals surface area contributed by atoms with Crippen molar-refractivity contribution in [1.29, 1.82) is 0 Å². The van der Waals surface area contributed by atoms with Crippen LogP contribution < -0.4 is 11.1 Å². The molecule has 1 saturated heterocycles. The summed E-state index contributed by atoms with van der Waals surface area (Å²) in [6.45, 7) is 6.18. The number of hydrogen-bond acceptors (Lipinski definition) is 4. The minimum absolute atomic E-state index is 0.0337. The number of aromatic nitrogens is 1. The van der Waals surface area contributed by atoms with Gasteiger partial charge < -0.3 is 11.1 Å². The number of carbonyl (C=O) groups excluding carboxylic acids is 1. The van der Waals surface area contributed by atoms with E-state index in [0.29, 0.717) is 11.4 Å². The molecule has 5 nitrogen and oxygen atoms in total. The Bertz CT molecular complexity index is 539. The number of rotatable bonds is 4. The predicted molar refractivity (Wildman–Crippen MR) is 83.2 cm³/mol. The number of pyridine rings is 1. The number of hydrogen-bond donors (Lipinski definition) is 2. The molecule has 1 atom stereocenters. The van der Waals surface area contributed by atoms with Crippen molar-refractivity contribution in [3.63, 3.8) is 0 Å². The third-order valence-electron chi connectivity index (χ3n) is 4.34. The van der Waals surface area contributed by atoms with Crippen LogP contribution in [0.2, 0.25) is 0 Å². The third-order valence-corrected chi connectivity index (χ3v) is 4.34. The van der Waals surface area contributed by atoms with Gasteiger partial charge in [-0.3, -0.25) is 9.69 Å². The van der Waals surface area contributed by atoms with Gasteiger partial charge >= 0.3 is 0 Å². The zero-order chi connectivity index (χ0) is 15.0. The topological polar surface area (TPSA) is 71.2 Å². The molecule has 0 spiro atoms. The van der Waals surface area contributed by atoms with Crippen LogP contribution in [0.3, 0.4) is 0 Å². The second-order valence-corrected chi connectivity index (χ2v) is 6.55. The van der Waals surface area contributed by atoms with Gasteiger partial charge in [-0.05, 0) is 37.3 Å². The van der Waals surface area contributed by atoms with Gasteiger partial charge in [-0.15, -0.1) is 0 Å². The second kappa shape index (κ2) is 5.64. The summed E-state index contributed by atoms with van der Waals surface area (Å²) < 4.78 is 0. The molecule has 1 saturated carbocycles. The highest BCUT2D eigenvalue weighted by Gasteiger charge is 2.34. The molecule has 1 amide bonds. The van der Waals surface area contributed by atoms with Gasteiger partial charge in [0, 0.05) is 36.4 Å².